The Morgan fingerprint density at radius 2 is 0.864 bits per heavy atom. The summed E-state index contributed by atoms with van der Waals surface area (Å²) in [7, 11) is 0.542. The van der Waals surface area contributed by atoms with Crippen LogP contribution in [0.1, 0.15) is 174 Å². The van der Waals surface area contributed by atoms with Gasteiger partial charge in [-0.05, 0) is 78.2 Å². The van der Waals surface area contributed by atoms with E-state index in [9.17, 15) is 0 Å². The van der Waals surface area contributed by atoms with Gasteiger partial charge in [0.05, 0.1) is 12.4 Å². The largest absolute Gasteiger partial charge is 0.243 e. The molecular formula is C56H74NP2+. The minimum Gasteiger partial charge on any atom is -0.243 e. The van der Waals surface area contributed by atoms with Crippen LogP contribution in [0.3, 0.4) is 0 Å². The van der Waals surface area contributed by atoms with Crippen LogP contribution in [-0.4, -0.2) is 28.4 Å². The van der Waals surface area contributed by atoms with Gasteiger partial charge in [-0.2, -0.15) is 0 Å². The molecule has 0 aliphatic carbocycles. The molecule has 312 valence electrons. The summed E-state index contributed by atoms with van der Waals surface area (Å²) >= 11 is 0. The van der Waals surface area contributed by atoms with Crippen molar-refractivity contribution in [3.63, 3.8) is 0 Å². The van der Waals surface area contributed by atoms with Gasteiger partial charge in [0.1, 0.15) is 19.4 Å². The normalized spacial score (nSPS) is 14.0. The van der Waals surface area contributed by atoms with Crippen LogP contribution in [0.15, 0.2) is 109 Å². The summed E-state index contributed by atoms with van der Waals surface area (Å²) in [6, 6.07) is 41.2. The second kappa shape index (κ2) is 17.0. The number of pyridine rings is 1. The van der Waals surface area contributed by atoms with Crippen LogP contribution in [0.4, 0.5) is 0 Å². The average molecular weight is 823 g/mol. The van der Waals surface area contributed by atoms with Crippen molar-refractivity contribution in [2.45, 2.75) is 150 Å². The molecule has 3 heteroatoms. The van der Waals surface area contributed by atoms with Gasteiger partial charge in [-0.15, -0.1) is 0 Å². The molecule has 0 fully saturated rings. The van der Waals surface area contributed by atoms with Gasteiger partial charge in [-0.3, -0.25) is 0 Å². The van der Waals surface area contributed by atoms with Crippen LogP contribution < -0.4 is 5.30 Å². The lowest BCUT2D eigenvalue weighted by molar-refractivity contribution is 0.551. The first-order valence-corrected chi connectivity index (χ1v) is 24.6. The van der Waals surface area contributed by atoms with E-state index < -0.39 is 7.55 Å². The van der Waals surface area contributed by atoms with E-state index in [0.717, 1.165) is 17.5 Å². The van der Waals surface area contributed by atoms with Gasteiger partial charge in [0.25, 0.3) is 0 Å². The maximum atomic E-state index is 5.71. The van der Waals surface area contributed by atoms with Gasteiger partial charge in [0.2, 0.25) is 0 Å². The quantitative estimate of drug-likeness (QED) is 0.142. The Kier molecular flexibility index (Phi) is 13.4. The third-order valence-electron chi connectivity index (χ3n) is 11.6. The lowest BCUT2D eigenvalue weighted by Gasteiger charge is -2.32. The third-order valence-corrected chi connectivity index (χ3v) is 15.5. The highest BCUT2D eigenvalue weighted by molar-refractivity contribution is 7.59. The molecule has 0 aliphatic rings. The number of nitrogens with zero attached hydrogens (tertiary/aromatic N) is 1. The maximum Gasteiger partial charge on any atom is 0.176 e. The van der Waals surface area contributed by atoms with Gasteiger partial charge in [-0.1, -0.05) is 223 Å². The molecule has 4 aromatic carbocycles. The number of benzene rings is 4. The molecule has 0 saturated carbocycles. The van der Waals surface area contributed by atoms with E-state index in [4.69, 9.17) is 4.98 Å². The lowest BCUT2D eigenvalue weighted by Crippen LogP contribution is -2.30. The number of hydrogen-bond donors (Lipinski definition) is 0. The van der Waals surface area contributed by atoms with Crippen molar-refractivity contribution < 1.29 is 0 Å². The van der Waals surface area contributed by atoms with Crippen LogP contribution in [0.2, 0.25) is 0 Å². The van der Waals surface area contributed by atoms with E-state index in [1.807, 2.05) is 0 Å². The Labute approximate surface area is 363 Å². The standard InChI is InChI=1S/C56H74NP2/c1-51(2,3)40-32-41(52(4,5)6)34-43(33-40)56(16,17)37-59(18)50(39-28-23-20-24-29-39)47-31-25-30-46(57-47)48(38-26-21-19-22-27-38)58-49-44(54(10,11)12)35-42(53(7,8)9)36-45(49)55(13,14)15/h19-36H,37H2,1-18H3/q+1. The molecule has 0 amide bonds. The Morgan fingerprint density at radius 1 is 0.458 bits per heavy atom. The second-order valence-corrected chi connectivity index (χ2v) is 25.9. The summed E-state index contributed by atoms with van der Waals surface area (Å²) in [5.74, 6) is 0. The van der Waals surface area contributed by atoms with Crippen molar-refractivity contribution in [2.75, 3.05) is 12.8 Å². The number of aromatic nitrogens is 1. The Balaban J connectivity index is 1.77. The first-order valence-electron chi connectivity index (χ1n) is 21.7. The minimum absolute atomic E-state index is 0.0400. The molecular weight excluding hydrogens is 749 g/mol. The fourth-order valence-electron chi connectivity index (χ4n) is 7.81. The lowest BCUT2D eigenvalue weighted by atomic mass is 9.75. The van der Waals surface area contributed by atoms with Crippen molar-refractivity contribution in [2.24, 2.45) is 0 Å². The van der Waals surface area contributed by atoms with E-state index in [1.54, 1.807) is 0 Å². The molecule has 0 radical (unpaired) electrons. The van der Waals surface area contributed by atoms with Gasteiger partial charge in [0.15, 0.2) is 5.29 Å². The van der Waals surface area contributed by atoms with E-state index in [0.29, 0.717) is 0 Å². The smallest absolute Gasteiger partial charge is 0.176 e. The van der Waals surface area contributed by atoms with Crippen molar-refractivity contribution >= 4 is 31.6 Å². The van der Waals surface area contributed by atoms with Crippen molar-refractivity contribution in [1.29, 1.82) is 0 Å². The monoisotopic (exact) mass is 823 g/mol. The fraction of sp³-hybridized carbons (Fsp3) is 0.446. The second-order valence-electron chi connectivity index (χ2n) is 22.7. The van der Waals surface area contributed by atoms with Crippen molar-refractivity contribution in [3.8, 4) is 0 Å². The van der Waals surface area contributed by atoms with Gasteiger partial charge in [-0.25, -0.2) is 4.98 Å². The van der Waals surface area contributed by atoms with E-state index in [1.165, 1.54) is 68.6 Å². The molecule has 0 spiro atoms. The number of rotatable bonds is 8. The summed E-state index contributed by atoms with van der Waals surface area (Å²) in [5, 5.41) is 4.01. The molecule has 0 aliphatic heterocycles. The van der Waals surface area contributed by atoms with E-state index in [2.05, 4.69) is 234 Å². The van der Waals surface area contributed by atoms with Crippen molar-refractivity contribution in [1.82, 2.24) is 4.98 Å². The first kappa shape index (κ1) is 46.4. The average Bonchev–Trinajstić information content (AvgIpc) is 3.12. The molecule has 5 rings (SSSR count). The molecule has 1 heterocycles. The van der Waals surface area contributed by atoms with Crippen LogP contribution in [0.5, 0.6) is 0 Å². The molecule has 59 heavy (non-hydrogen) atoms. The molecule has 0 saturated heterocycles. The molecule has 1 atom stereocenters. The van der Waals surface area contributed by atoms with Gasteiger partial charge < -0.3 is 0 Å². The van der Waals surface area contributed by atoms with Gasteiger partial charge >= 0.3 is 0 Å². The molecule has 0 N–H and O–H groups in total. The Morgan fingerprint density at radius 3 is 1.31 bits per heavy atom. The predicted octanol–water partition coefficient (Wildman–Crippen LogP) is 15.1. The summed E-state index contributed by atoms with van der Waals surface area (Å²) in [4.78, 5) is 5.71. The molecule has 1 aromatic heterocycles. The molecule has 1 unspecified atom stereocenters. The zero-order valence-electron chi connectivity index (χ0n) is 39.9. The predicted molar refractivity (Wildman–Crippen MR) is 267 cm³/mol. The summed E-state index contributed by atoms with van der Waals surface area (Å²) < 4.78 is 0. The fourth-order valence-corrected chi connectivity index (χ4v) is 12.2. The summed E-state index contributed by atoms with van der Waals surface area (Å²) in [6.07, 6.45) is 1.05. The molecule has 5 aromatic rings. The topological polar surface area (TPSA) is 12.9 Å². The van der Waals surface area contributed by atoms with Crippen LogP contribution in [0.25, 0.3) is 0 Å². The highest BCUT2D eigenvalue weighted by Crippen LogP contribution is 2.41. The Bertz CT molecular complexity index is 2260. The highest BCUT2D eigenvalue weighted by atomic mass is 31.1. The zero-order valence-corrected chi connectivity index (χ0v) is 41.7. The summed E-state index contributed by atoms with van der Waals surface area (Å²) in [5.41, 5.74) is 13.1. The van der Waals surface area contributed by atoms with E-state index in [-0.39, 0.29) is 32.5 Å². The highest BCUT2D eigenvalue weighted by Gasteiger charge is 2.34. The van der Waals surface area contributed by atoms with Crippen LogP contribution >= 0.6 is 15.7 Å². The summed E-state index contributed by atoms with van der Waals surface area (Å²) in [6.45, 7) is 42.7. The molecule has 1 nitrogen and oxygen atoms in total. The maximum absolute atomic E-state index is 5.71. The van der Waals surface area contributed by atoms with Crippen LogP contribution in [0, 0.1) is 0 Å². The van der Waals surface area contributed by atoms with Crippen molar-refractivity contribution in [3.05, 3.63) is 165 Å². The third kappa shape index (κ3) is 11.2. The number of hydrogen-bond acceptors (Lipinski definition) is 1. The first-order chi connectivity index (χ1) is 27.1. The van der Waals surface area contributed by atoms with Gasteiger partial charge in [0, 0.05) is 21.6 Å². The molecule has 0 bridgehead atoms. The van der Waals surface area contributed by atoms with E-state index >= 15 is 0 Å². The minimum atomic E-state index is -0.631. The zero-order chi connectivity index (χ0) is 43.9. The van der Waals surface area contributed by atoms with Crippen LogP contribution in [-0.2, 0) is 32.5 Å². The Hall–Kier alpha value is -3.63. The SMILES string of the molecule is C/[P+](CC(C)(C)c1cc(C(C)(C)C)cc(C(C)(C)C)c1)=C(/c1ccccc1)c1cccc(C(=Pc2c(C(C)(C)C)cc(C(C)(C)C)cc2C(C)(C)C)c2ccccc2)n1.